The summed E-state index contributed by atoms with van der Waals surface area (Å²) in [5.41, 5.74) is 1.09. The summed E-state index contributed by atoms with van der Waals surface area (Å²) in [7, 11) is 1.93. The number of nitrogens with zero attached hydrogens (tertiary/aromatic N) is 3. The number of piperidine rings is 1. The zero-order chi connectivity index (χ0) is 12.4. The average molecular weight is 254 g/mol. The molecule has 1 N–H and O–H groups in total. The van der Waals surface area contributed by atoms with Gasteiger partial charge in [0.1, 0.15) is 10.7 Å². The molecule has 4 nitrogen and oxygen atoms in total. The van der Waals surface area contributed by atoms with Crippen molar-refractivity contribution in [2.45, 2.75) is 39.8 Å². The zero-order valence-electron chi connectivity index (χ0n) is 11.1. The summed E-state index contributed by atoms with van der Waals surface area (Å²) in [6.07, 6.45) is 1.34. The van der Waals surface area contributed by atoms with Crippen molar-refractivity contribution in [1.29, 1.82) is 0 Å². The largest absolute Gasteiger partial charge is 0.377 e. The number of likely N-dealkylation sites (tertiary alicyclic amines) is 1. The molecule has 0 aliphatic carbocycles. The first-order valence-corrected chi connectivity index (χ1v) is 7.12. The molecule has 5 heteroatoms. The van der Waals surface area contributed by atoms with Crippen LogP contribution in [0, 0.1) is 11.8 Å². The Kier molecular flexibility index (Phi) is 3.99. The van der Waals surface area contributed by atoms with E-state index in [1.165, 1.54) is 24.5 Å². The number of anilines is 1. The number of rotatable bonds is 3. The van der Waals surface area contributed by atoms with E-state index in [9.17, 15) is 0 Å². The van der Waals surface area contributed by atoms with Crippen LogP contribution in [-0.4, -0.2) is 34.1 Å². The molecule has 1 aromatic heterocycles. The Hall–Kier alpha value is -0.680. The van der Waals surface area contributed by atoms with Gasteiger partial charge in [0.15, 0.2) is 0 Å². The summed E-state index contributed by atoms with van der Waals surface area (Å²) >= 11 is 1.44. The van der Waals surface area contributed by atoms with E-state index in [0.29, 0.717) is 6.04 Å². The quantitative estimate of drug-likeness (QED) is 0.899. The molecule has 1 fully saturated rings. The van der Waals surface area contributed by atoms with E-state index in [2.05, 4.69) is 40.6 Å². The third-order valence-corrected chi connectivity index (χ3v) is 4.64. The van der Waals surface area contributed by atoms with Crippen LogP contribution < -0.4 is 5.32 Å². The van der Waals surface area contributed by atoms with E-state index in [1.54, 1.807) is 0 Å². The second-order valence-corrected chi connectivity index (χ2v) is 6.04. The van der Waals surface area contributed by atoms with Gasteiger partial charge in [0, 0.05) is 37.7 Å². The molecule has 0 saturated carbocycles. The second-order valence-electron chi connectivity index (χ2n) is 5.29. The molecular formula is C12H22N4S. The van der Waals surface area contributed by atoms with Crippen molar-refractivity contribution in [2.75, 3.05) is 18.9 Å². The summed E-state index contributed by atoms with van der Waals surface area (Å²) in [5.74, 6) is 1.55. The lowest BCUT2D eigenvalue weighted by atomic mass is 9.86. The van der Waals surface area contributed by atoms with Crippen LogP contribution in [0.5, 0.6) is 0 Å². The maximum atomic E-state index is 4.23. The molecule has 1 saturated heterocycles. The predicted molar refractivity (Wildman–Crippen MR) is 72.3 cm³/mol. The highest BCUT2D eigenvalue weighted by molar-refractivity contribution is 7.10. The molecule has 0 radical (unpaired) electrons. The first-order chi connectivity index (χ1) is 8.11. The van der Waals surface area contributed by atoms with Crippen LogP contribution >= 0.6 is 11.5 Å². The summed E-state index contributed by atoms with van der Waals surface area (Å²) in [6, 6.07) is 0.637. The van der Waals surface area contributed by atoms with Gasteiger partial charge in [-0.1, -0.05) is 18.3 Å². The smallest absolute Gasteiger partial charge is 0.134 e. The van der Waals surface area contributed by atoms with E-state index in [4.69, 9.17) is 0 Å². The summed E-state index contributed by atoms with van der Waals surface area (Å²) in [5, 5.41) is 8.50. The fourth-order valence-corrected chi connectivity index (χ4v) is 3.26. The van der Waals surface area contributed by atoms with Crippen molar-refractivity contribution in [3.8, 4) is 0 Å². The molecule has 3 unspecified atom stereocenters. The van der Waals surface area contributed by atoms with Crippen molar-refractivity contribution in [3.63, 3.8) is 0 Å². The Balaban J connectivity index is 2.07. The molecule has 1 aliphatic rings. The summed E-state index contributed by atoms with van der Waals surface area (Å²) in [6.45, 7) is 9.11. The van der Waals surface area contributed by atoms with Crippen molar-refractivity contribution in [1.82, 2.24) is 14.5 Å². The third-order valence-electron chi connectivity index (χ3n) is 3.86. The number of nitrogens with one attached hydrogen (secondary N) is 1. The van der Waals surface area contributed by atoms with Crippen LogP contribution in [0.1, 0.15) is 32.9 Å². The normalized spacial score (nSPS) is 30.5. The fraction of sp³-hybridized carbons (Fsp3) is 0.833. The van der Waals surface area contributed by atoms with Crippen molar-refractivity contribution < 1.29 is 0 Å². The van der Waals surface area contributed by atoms with Crippen LogP contribution in [0.25, 0.3) is 0 Å². The van der Waals surface area contributed by atoms with Crippen molar-refractivity contribution in [3.05, 3.63) is 5.69 Å². The molecular weight excluding hydrogens is 232 g/mol. The van der Waals surface area contributed by atoms with Gasteiger partial charge in [-0.15, -0.1) is 5.10 Å². The van der Waals surface area contributed by atoms with Gasteiger partial charge in [-0.05, 0) is 25.2 Å². The topological polar surface area (TPSA) is 41.1 Å². The van der Waals surface area contributed by atoms with Gasteiger partial charge in [-0.3, -0.25) is 4.90 Å². The maximum absolute atomic E-state index is 4.23. The lowest BCUT2D eigenvalue weighted by Crippen LogP contribution is -2.45. The first kappa shape index (κ1) is 12.8. The summed E-state index contributed by atoms with van der Waals surface area (Å²) in [4.78, 5) is 2.54. The number of hydrogen-bond donors (Lipinski definition) is 1. The minimum atomic E-state index is 0.637. The maximum Gasteiger partial charge on any atom is 0.134 e. The van der Waals surface area contributed by atoms with Crippen LogP contribution in [0.15, 0.2) is 0 Å². The molecule has 2 heterocycles. The predicted octanol–water partition coefficient (Wildman–Crippen LogP) is 2.45. The standard InChI is InChI=1S/C12H22N4S/c1-8-5-9(2)10(3)16(6-8)7-11-12(13-4)17-15-14-11/h8-10,13H,5-7H2,1-4H3. The molecule has 96 valence electrons. The highest BCUT2D eigenvalue weighted by atomic mass is 32.1. The van der Waals surface area contributed by atoms with Gasteiger partial charge in [0.05, 0.1) is 0 Å². The van der Waals surface area contributed by atoms with Gasteiger partial charge in [0.2, 0.25) is 0 Å². The fourth-order valence-electron chi connectivity index (χ4n) is 2.74. The summed E-state index contributed by atoms with van der Waals surface area (Å²) < 4.78 is 4.02. The van der Waals surface area contributed by atoms with Crippen molar-refractivity contribution in [2.24, 2.45) is 11.8 Å². The molecule has 2 rings (SSSR count). The third kappa shape index (κ3) is 2.77. The van der Waals surface area contributed by atoms with E-state index in [-0.39, 0.29) is 0 Å². The zero-order valence-corrected chi connectivity index (χ0v) is 11.9. The highest BCUT2D eigenvalue weighted by Crippen LogP contribution is 2.29. The number of hydrogen-bond acceptors (Lipinski definition) is 5. The Morgan fingerprint density at radius 2 is 2.18 bits per heavy atom. The minimum absolute atomic E-state index is 0.637. The van der Waals surface area contributed by atoms with Crippen LogP contribution in [0.3, 0.4) is 0 Å². The monoisotopic (exact) mass is 254 g/mol. The molecule has 0 amide bonds. The van der Waals surface area contributed by atoms with E-state index in [0.717, 1.165) is 29.1 Å². The minimum Gasteiger partial charge on any atom is -0.377 e. The molecule has 1 aliphatic heterocycles. The molecule has 1 aromatic rings. The highest BCUT2D eigenvalue weighted by Gasteiger charge is 2.29. The molecule has 0 bridgehead atoms. The molecule has 0 aromatic carbocycles. The van der Waals surface area contributed by atoms with E-state index < -0.39 is 0 Å². The van der Waals surface area contributed by atoms with Crippen LogP contribution in [0.4, 0.5) is 5.00 Å². The lowest BCUT2D eigenvalue weighted by molar-refractivity contribution is 0.0720. The lowest BCUT2D eigenvalue weighted by Gasteiger charge is -2.40. The Bertz CT molecular complexity index is 365. The Morgan fingerprint density at radius 3 is 2.88 bits per heavy atom. The molecule has 17 heavy (non-hydrogen) atoms. The molecule has 0 spiro atoms. The van der Waals surface area contributed by atoms with Crippen molar-refractivity contribution >= 4 is 16.5 Å². The van der Waals surface area contributed by atoms with E-state index >= 15 is 0 Å². The number of aromatic nitrogens is 2. The SMILES string of the molecule is CNc1snnc1CN1CC(C)CC(C)C1C. The van der Waals surface area contributed by atoms with E-state index in [1.807, 2.05) is 7.05 Å². The first-order valence-electron chi connectivity index (χ1n) is 6.34. The molecule has 3 atom stereocenters. The van der Waals surface area contributed by atoms with Gasteiger partial charge in [0.25, 0.3) is 0 Å². The van der Waals surface area contributed by atoms with Crippen LogP contribution in [-0.2, 0) is 6.54 Å². The van der Waals surface area contributed by atoms with Gasteiger partial charge < -0.3 is 5.32 Å². The van der Waals surface area contributed by atoms with Crippen LogP contribution in [0.2, 0.25) is 0 Å². The average Bonchev–Trinajstić information content (AvgIpc) is 2.72. The van der Waals surface area contributed by atoms with Gasteiger partial charge in [-0.25, -0.2) is 0 Å². The second kappa shape index (κ2) is 5.31. The Labute approximate surface area is 108 Å². The Morgan fingerprint density at radius 1 is 1.41 bits per heavy atom. The van der Waals surface area contributed by atoms with Gasteiger partial charge in [-0.2, -0.15) is 0 Å². The van der Waals surface area contributed by atoms with Gasteiger partial charge >= 0.3 is 0 Å².